The van der Waals surface area contributed by atoms with Crippen LogP contribution in [-0.2, 0) is 0 Å². The molecule has 1 aromatic carbocycles. The number of carbonyl (C=O) groups excluding carboxylic acids is 1. The molecule has 7 heteroatoms. The number of amides is 1. The van der Waals surface area contributed by atoms with E-state index < -0.39 is 10.8 Å². The molecular formula is C12H10BrN3O3. The van der Waals surface area contributed by atoms with Crippen molar-refractivity contribution in [3.63, 3.8) is 0 Å². The standard InChI is InChI=1S/C12H10BrN3O3/c1-7-2-8(13)4-9(3-7)15-12(17)11-5-10(6-14-11)16(18)19/h2-6,14H,1H3,(H,15,17). The maximum atomic E-state index is 11.9. The Morgan fingerprint density at radius 1 is 1.37 bits per heavy atom. The molecule has 19 heavy (non-hydrogen) atoms. The van der Waals surface area contributed by atoms with Crippen molar-refractivity contribution < 1.29 is 9.72 Å². The maximum Gasteiger partial charge on any atom is 0.287 e. The Morgan fingerprint density at radius 3 is 2.68 bits per heavy atom. The smallest absolute Gasteiger partial charge is 0.287 e. The summed E-state index contributed by atoms with van der Waals surface area (Å²) >= 11 is 3.33. The Labute approximate surface area is 117 Å². The van der Waals surface area contributed by atoms with Crippen molar-refractivity contribution in [1.29, 1.82) is 0 Å². The van der Waals surface area contributed by atoms with Crippen molar-refractivity contribution in [3.05, 3.63) is 56.3 Å². The molecule has 0 saturated heterocycles. The third-order valence-electron chi connectivity index (χ3n) is 2.42. The van der Waals surface area contributed by atoms with Gasteiger partial charge in [-0.3, -0.25) is 14.9 Å². The summed E-state index contributed by atoms with van der Waals surface area (Å²) in [5, 5.41) is 13.2. The molecule has 0 aliphatic carbocycles. The fourth-order valence-electron chi connectivity index (χ4n) is 1.63. The predicted octanol–water partition coefficient (Wildman–Crippen LogP) is 3.25. The van der Waals surface area contributed by atoms with Crippen molar-refractivity contribution in [2.45, 2.75) is 6.92 Å². The van der Waals surface area contributed by atoms with Crippen molar-refractivity contribution in [2.24, 2.45) is 0 Å². The maximum absolute atomic E-state index is 11.9. The summed E-state index contributed by atoms with van der Waals surface area (Å²) in [7, 11) is 0. The molecule has 0 aliphatic heterocycles. The van der Waals surface area contributed by atoms with E-state index in [0.717, 1.165) is 10.0 Å². The van der Waals surface area contributed by atoms with Gasteiger partial charge in [-0.1, -0.05) is 15.9 Å². The largest absolute Gasteiger partial charge is 0.351 e. The summed E-state index contributed by atoms with van der Waals surface area (Å²) in [6, 6.07) is 6.66. The molecule has 2 N–H and O–H groups in total. The molecule has 2 aromatic rings. The van der Waals surface area contributed by atoms with Crippen LogP contribution in [0.25, 0.3) is 0 Å². The summed E-state index contributed by atoms with van der Waals surface area (Å²) in [4.78, 5) is 24.4. The molecule has 0 spiro atoms. The molecule has 98 valence electrons. The first-order valence-corrected chi connectivity index (χ1v) is 6.16. The highest BCUT2D eigenvalue weighted by atomic mass is 79.9. The molecule has 1 heterocycles. The monoisotopic (exact) mass is 323 g/mol. The Bertz CT molecular complexity index is 631. The number of H-pyrrole nitrogens is 1. The van der Waals surface area contributed by atoms with Gasteiger partial charge in [0, 0.05) is 16.2 Å². The average Bonchev–Trinajstić information content (AvgIpc) is 2.76. The summed E-state index contributed by atoms with van der Waals surface area (Å²) < 4.78 is 0.847. The van der Waals surface area contributed by atoms with Gasteiger partial charge >= 0.3 is 0 Å². The number of anilines is 1. The lowest BCUT2D eigenvalue weighted by atomic mass is 10.2. The molecular weight excluding hydrogens is 314 g/mol. The van der Waals surface area contributed by atoms with Gasteiger partial charge in [0.05, 0.1) is 11.1 Å². The van der Waals surface area contributed by atoms with E-state index in [1.165, 1.54) is 12.3 Å². The minimum absolute atomic E-state index is 0.143. The zero-order valence-corrected chi connectivity index (χ0v) is 11.5. The van der Waals surface area contributed by atoms with Gasteiger partial charge in [0.2, 0.25) is 0 Å². The van der Waals surface area contributed by atoms with Crippen molar-refractivity contribution in [3.8, 4) is 0 Å². The fourth-order valence-corrected chi connectivity index (χ4v) is 2.23. The zero-order valence-electron chi connectivity index (χ0n) is 9.94. The average molecular weight is 324 g/mol. The van der Waals surface area contributed by atoms with Crippen molar-refractivity contribution in [1.82, 2.24) is 4.98 Å². The van der Waals surface area contributed by atoms with E-state index in [-0.39, 0.29) is 11.4 Å². The first kappa shape index (κ1) is 13.3. The highest BCUT2D eigenvalue weighted by molar-refractivity contribution is 9.10. The third-order valence-corrected chi connectivity index (χ3v) is 2.88. The van der Waals surface area contributed by atoms with Gasteiger partial charge in [-0.05, 0) is 30.7 Å². The van der Waals surface area contributed by atoms with Gasteiger partial charge in [-0.15, -0.1) is 0 Å². The Morgan fingerprint density at radius 2 is 2.11 bits per heavy atom. The van der Waals surface area contributed by atoms with Crippen molar-refractivity contribution >= 4 is 33.2 Å². The number of nitrogens with zero attached hydrogens (tertiary/aromatic N) is 1. The molecule has 0 atom stereocenters. The van der Waals surface area contributed by atoms with E-state index in [9.17, 15) is 14.9 Å². The van der Waals surface area contributed by atoms with Crippen LogP contribution in [0.4, 0.5) is 11.4 Å². The van der Waals surface area contributed by atoms with E-state index in [2.05, 4.69) is 26.2 Å². The molecule has 1 amide bonds. The van der Waals surface area contributed by atoms with Gasteiger partial charge in [0.1, 0.15) is 5.69 Å². The van der Waals surface area contributed by atoms with Crippen LogP contribution in [0.2, 0.25) is 0 Å². The van der Waals surface area contributed by atoms with E-state index >= 15 is 0 Å². The van der Waals surface area contributed by atoms with Crippen LogP contribution in [-0.4, -0.2) is 15.8 Å². The van der Waals surface area contributed by atoms with Crippen LogP contribution in [0.1, 0.15) is 16.1 Å². The highest BCUT2D eigenvalue weighted by Crippen LogP contribution is 2.20. The van der Waals surface area contributed by atoms with E-state index in [4.69, 9.17) is 0 Å². The Kier molecular flexibility index (Phi) is 3.66. The summed E-state index contributed by atoms with van der Waals surface area (Å²) in [6.07, 6.45) is 1.18. The Hall–Kier alpha value is -2.15. The van der Waals surface area contributed by atoms with Crippen LogP contribution in [0, 0.1) is 17.0 Å². The molecule has 0 bridgehead atoms. The van der Waals surface area contributed by atoms with Crippen LogP contribution < -0.4 is 5.32 Å². The number of nitro groups is 1. The van der Waals surface area contributed by atoms with Crippen LogP contribution in [0.15, 0.2) is 34.9 Å². The second-order valence-electron chi connectivity index (χ2n) is 4.00. The number of nitrogens with one attached hydrogen (secondary N) is 2. The molecule has 2 rings (SSSR count). The second-order valence-corrected chi connectivity index (χ2v) is 4.92. The lowest BCUT2D eigenvalue weighted by Crippen LogP contribution is -2.12. The summed E-state index contributed by atoms with van der Waals surface area (Å²) in [5.74, 6) is -0.425. The first-order chi connectivity index (χ1) is 8.95. The number of aromatic amines is 1. The number of benzene rings is 1. The number of aryl methyl sites for hydroxylation is 1. The summed E-state index contributed by atoms with van der Waals surface area (Å²) in [6.45, 7) is 1.90. The summed E-state index contributed by atoms with van der Waals surface area (Å²) in [5.41, 5.74) is 1.61. The molecule has 6 nitrogen and oxygen atoms in total. The number of hydrogen-bond acceptors (Lipinski definition) is 3. The number of hydrogen-bond donors (Lipinski definition) is 2. The van der Waals surface area contributed by atoms with Gasteiger partial charge in [-0.2, -0.15) is 0 Å². The fraction of sp³-hybridized carbons (Fsp3) is 0.0833. The lowest BCUT2D eigenvalue weighted by Gasteiger charge is -2.05. The zero-order chi connectivity index (χ0) is 14.0. The number of aromatic nitrogens is 1. The molecule has 0 radical (unpaired) electrons. The SMILES string of the molecule is Cc1cc(Br)cc(NC(=O)c2cc([N+](=O)[O-])c[nH]2)c1. The first-order valence-electron chi connectivity index (χ1n) is 5.37. The molecule has 0 unspecified atom stereocenters. The minimum Gasteiger partial charge on any atom is -0.351 e. The highest BCUT2D eigenvalue weighted by Gasteiger charge is 2.14. The number of rotatable bonds is 3. The molecule has 1 aromatic heterocycles. The lowest BCUT2D eigenvalue weighted by molar-refractivity contribution is -0.384. The van der Waals surface area contributed by atoms with Crippen molar-refractivity contribution in [2.75, 3.05) is 5.32 Å². The molecule has 0 aliphatic rings. The van der Waals surface area contributed by atoms with E-state index in [1.54, 1.807) is 12.1 Å². The van der Waals surface area contributed by atoms with Gasteiger partial charge < -0.3 is 10.3 Å². The number of halogens is 1. The topological polar surface area (TPSA) is 88.0 Å². The van der Waals surface area contributed by atoms with Gasteiger partial charge in [0.25, 0.3) is 11.6 Å². The second kappa shape index (κ2) is 5.23. The van der Waals surface area contributed by atoms with Gasteiger partial charge in [0.15, 0.2) is 0 Å². The van der Waals surface area contributed by atoms with Crippen LogP contribution in [0.3, 0.4) is 0 Å². The third kappa shape index (κ3) is 3.19. The predicted molar refractivity (Wildman–Crippen MR) is 74.3 cm³/mol. The van der Waals surface area contributed by atoms with Crippen LogP contribution in [0.5, 0.6) is 0 Å². The molecule has 0 saturated carbocycles. The van der Waals surface area contributed by atoms with Crippen LogP contribution >= 0.6 is 15.9 Å². The minimum atomic E-state index is -0.559. The quantitative estimate of drug-likeness (QED) is 0.671. The van der Waals surface area contributed by atoms with E-state index in [0.29, 0.717) is 5.69 Å². The van der Waals surface area contributed by atoms with E-state index in [1.807, 2.05) is 13.0 Å². The number of carbonyl (C=O) groups is 1. The molecule has 0 fully saturated rings. The Balaban J connectivity index is 2.18. The van der Waals surface area contributed by atoms with Gasteiger partial charge in [-0.25, -0.2) is 0 Å². The normalized spacial score (nSPS) is 10.2.